The van der Waals surface area contributed by atoms with Crippen molar-refractivity contribution in [2.75, 3.05) is 0 Å². The van der Waals surface area contributed by atoms with Crippen LogP contribution in [-0.2, 0) is 9.59 Å². The van der Waals surface area contributed by atoms with E-state index in [1.54, 1.807) is 24.3 Å². The molecular formula is C14H11ClNNaO4S. The molecule has 5 nitrogen and oxygen atoms in total. The molecule has 0 aromatic heterocycles. The standard InChI is InChI=1S/C14H12ClNO4S.Na/c1-2-9-11(17)16-10(13(18)19)14(21-12(9)16)20-8-5-3-7(15)4-6-8;/h3-6,9,12H,2H2,1H3,(H,18,19);/q;+1/p-1. The maximum Gasteiger partial charge on any atom is 1.00 e. The molecule has 2 atom stereocenters. The molecule has 0 aliphatic carbocycles. The molecule has 2 unspecified atom stereocenters. The predicted octanol–water partition coefficient (Wildman–Crippen LogP) is -1.42. The van der Waals surface area contributed by atoms with E-state index in [4.69, 9.17) is 16.3 Å². The van der Waals surface area contributed by atoms with E-state index >= 15 is 0 Å². The van der Waals surface area contributed by atoms with Crippen LogP contribution in [0.15, 0.2) is 35.1 Å². The van der Waals surface area contributed by atoms with E-state index in [1.807, 2.05) is 6.92 Å². The molecule has 2 aliphatic heterocycles. The number of amides is 1. The van der Waals surface area contributed by atoms with E-state index in [2.05, 4.69) is 0 Å². The number of rotatable bonds is 4. The van der Waals surface area contributed by atoms with E-state index in [0.29, 0.717) is 17.2 Å². The monoisotopic (exact) mass is 347 g/mol. The number of ether oxygens (including phenoxy) is 1. The summed E-state index contributed by atoms with van der Waals surface area (Å²) in [6.45, 7) is 1.90. The van der Waals surface area contributed by atoms with Crippen molar-refractivity contribution < 1.29 is 49.0 Å². The Morgan fingerprint density at radius 3 is 2.59 bits per heavy atom. The van der Waals surface area contributed by atoms with Crippen LogP contribution in [0, 0.1) is 5.92 Å². The Balaban J connectivity index is 0.00000176. The maximum absolute atomic E-state index is 11.9. The van der Waals surface area contributed by atoms with Gasteiger partial charge in [0.2, 0.25) is 5.91 Å². The number of hydrogen-bond acceptors (Lipinski definition) is 5. The van der Waals surface area contributed by atoms with Crippen molar-refractivity contribution in [3.8, 4) is 5.75 Å². The molecule has 0 radical (unpaired) electrons. The topological polar surface area (TPSA) is 69.7 Å². The largest absolute Gasteiger partial charge is 1.00 e. The van der Waals surface area contributed by atoms with Crippen LogP contribution in [0.2, 0.25) is 5.02 Å². The van der Waals surface area contributed by atoms with Gasteiger partial charge in [-0.2, -0.15) is 0 Å². The second-order valence-corrected chi connectivity index (χ2v) is 6.24. The minimum atomic E-state index is -1.41. The van der Waals surface area contributed by atoms with Gasteiger partial charge in [-0.15, -0.1) is 0 Å². The normalized spacial score (nSPS) is 22.8. The fourth-order valence-corrected chi connectivity index (χ4v) is 3.97. The summed E-state index contributed by atoms with van der Waals surface area (Å²) in [6.07, 6.45) is 0.668. The SMILES string of the molecule is CCC1C(=O)N2C(C(=O)[O-])=C(Oc3ccc(Cl)cc3)SC12.[Na+]. The third-order valence-electron chi connectivity index (χ3n) is 3.47. The van der Waals surface area contributed by atoms with Gasteiger partial charge in [-0.25, -0.2) is 0 Å². The number of nitrogens with zero attached hydrogens (tertiary/aromatic N) is 1. The van der Waals surface area contributed by atoms with E-state index < -0.39 is 5.97 Å². The Labute approximate surface area is 158 Å². The molecule has 3 rings (SSSR count). The molecule has 1 amide bonds. The van der Waals surface area contributed by atoms with Gasteiger partial charge in [0, 0.05) is 5.02 Å². The Morgan fingerprint density at radius 2 is 2.05 bits per heavy atom. The van der Waals surface area contributed by atoms with Crippen molar-refractivity contribution in [1.29, 1.82) is 0 Å². The fraction of sp³-hybridized carbons (Fsp3) is 0.286. The van der Waals surface area contributed by atoms with Crippen LogP contribution >= 0.6 is 23.4 Å². The molecule has 2 aliphatic rings. The molecule has 0 N–H and O–H groups in total. The zero-order valence-electron chi connectivity index (χ0n) is 12.0. The van der Waals surface area contributed by atoms with Gasteiger partial charge in [0.25, 0.3) is 0 Å². The van der Waals surface area contributed by atoms with Crippen LogP contribution in [-0.4, -0.2) is 22.2 Å². The number of hydrogen-bond donors (Lipinski definition) is 0. The molecule has 2 heterocycles. The molecule has 8 heteroatoms. The zero-order valence-corrected chi connectivity index (χ0v) is 15.6. The number of halogens is 1. The number of β-lactam (4-membered cyclic amide) rings is 1. The number of thioether (sulfide) groups is 1. The molecule has 1 aromatic rings. The maximum atomic E-state index is 11.9. The first kappa shape index (κ1) is 17.7. The predicted molar refractivity (Wildman–Crippen MR) is 76.1 cm³/mol. The van der Waals surface area contributed by atoms with Gasteiger partial charge in [0.1, 0.15) is 16.8 Å². The number of carbonyl (C=O) groups excluding carboxylic acids is 2. The average Bonchev–Trinajstić information content (AvgIpc) is 2.77. The summed E-state index contributed by atoms with van der Waals surface area (Å²) in [6, 6.07) is 6.56. The van der Waals surface area contributed by atoms with E-state index in [9.17, 15) is 14.7 Å². The van der Waals surface area contributed by atoms with Crippen LogP contribution in [0.1, 0.15) is 13.3 Å². The van der Waals surface area contributed by atoms with Gasteiger partial charge in [0.05, 0.1) is 11.9 Å². The van der Waals surface area contributed by atoms with Crippen LogP contribution in [0.5, 0.6) is 5.75 Å². The van der Waals surface area contributed by atoms with Gasteiger partial charge in [0.15, 0.2) is 5.09 Å². The third kappa shape index (κ3) is 2.90. The van der Waals surface area contributed by atoms with Crippen LogP contribution in [0.3, 0.4) is 0 Å². The van der Waals surface area contributed by atoms with Gasteiger partial charge >= 0.3 is 29.6 Å². The summed E-state index contributed by atoms with van der Waals surface area (Å²) in [5.41, 5.74) is -0.186. The first-order valence-electron chi connectivity index (χ1n) is 6.41. The second-order valence-electron chi connectivity index (χ2n) is 4.71. The number of benzene rings is 1. The molecule has 0 saturated carbocycles. The molecule has 110 valence electrons. The Kier molecular flexibility index (Phi) is 5.50. The molecular weight excluding hydrogens is 337 g/mol. The van der Waals surface area contributed by atoms with Crippen LogP contribution in [0.4, 0.5) is 0 Å². The van der Waals surface area contributed by atoms with Crippen molar-refractivity contribution in [3.05, 3.63) is 40.1 Å². The van der Waals surface area contributed by atoms with Crippen molar-refractivity contribution >= 4 is 35.2 Å². The summed E-state index contributed by atoms with van der Waals surface area (Å²) >= 11 is 7.03. The van der Waals surface area contributed by atoms with E-state index in [0.717, 1.165) is 0 Å². The molecule has 0 spiro atoms. The summed E-state index contributed by atoms with van der Waals surface area (Å²) in [5.74, 6) is -1.31. The Morgan fingerprint density at radius 1 is 1.41 bits per heavy atom. The van der Waals surface area contributed by atoms with Crippen molar-refractivity contribution in [1.82, 2.24) is 4.90 Å². The molecule has 1 fully saturated rings. The Bertz CT molecular complexity index is 649. The first-order chi connectivity index (χ1) is 10.0. The van der Waals surface area contributed by atoms with E-state index in [1.165, 1.54) is 16.7 Å². The first-order valence-corrected chi connectivity index (χ1v) is 7.67. The third-order valence-corrected chi connectivity index (χ3v) is 5.00. The number of fused-ring (bicyclic) bond motifs is 1. The van der Waals surface area contributed by atoms with Crippen LogP contribution in [0.25, 0.3) is 0 Å². The number of aliphatic carboxylic acids is 1. The zero-order chi connectivity index (χ0) is 15.1. The molecule has 0 bridgehead atoms. The summed E-state index contributed by atoms with van der Waals surface area (Å²) < 4.78 is 5.60. The summed E-state index contributed by atoms with van der Waals surface area (Å²) in [4.78, 5) is 24.5. The van der Waals surface area contributed by atoms with Crippen LogP contribution < -0.4 is 39.4 Å². The number of carboxylic acid groups (broad SMARTS) is 1. The van der Waals surface area contributed by atoms with Gasteiger partial charge < -0.3 is 14.6 Å². The van der Waals surface area contributed by atoms with E-state index in [-0.39, 0.29) is 57.5 Å². The summed E-state index contributed by atoms with van der Waals surface area (Å²) in [5, 5.41) is 11.8. The van der Waals surface area contributed by atoms with Crippen molar-refractivity contribution in [2.24, 2.45) is 5.92 Å². The minimum absolute atomic E-state index is 0. The average molecular weight is 348 g/mol. The molecule has 1 aromatic carbocycles. The van der Waals surface area contributed by atoms with Gasteiger partial charge in [-0.05, 0) is 30.7 Å². The number of carbonyl (C=O) groups is 2. The Hall–Kier alpha value is -0.660. The van der Waals surface area contributed by atoms with Gasteiger partial charge in [-0.1, -0.05) is 30.3 Å². The molecule has 1 saturated heterocycles. The molecule has 22 heavy (non-hydrogen) atoms. The number of carboxylic acids is 1. The summed E-state index contributed by atoms with van der Waals surface area (Å²) in [7, 11) is 0. The second kappa shape index (κ2) is 6.84. The van der Waals surface area contributed by atoms with Crippen molar-refractivity contribution in [3.63, 3.8) is 0 Å². The minimum Gasteiger partial charge on any atom is -0.543 e. The van der Waals surface area contributed by atoms with Gasteiger partial charge in [-0.3, -0.25) is 9.69 Å². The van der Waals surface area contributed by atoms with Crippen molar-refractivity contribution in [2.45, 2.75) is 18.7 Å². The fourth-order valence-electron chi connectivity index (χ4n) is 2.40. The quantitative estimate of drug-likeness (QED) is 0.494. The smallest absolute Gasteiger partial charge is 0.543 e.